The molecule has 1 aromatic rings. The SMILES string of the molecule is CCCCCc1cc(C)c(CCCCCCC(=O)O)o1. The number of hydrogen-bond acceptors (Lipinski definition) is 2. The Morgan fingerprint density at radius 1 is 1.10 bits per heavy atom. The zero-order valence-electron chi connectivity index (χ0n) is 12.9. The van der Waals surface area contributed by atoms with Crippen molar-refractivity contribution in [2.45, 2.75) is 78.1 Å². The number of furan rings is 1. The zero-order chi connectivity index (χ0) is 14.8. The third-order valence-corrected chi connectivity index (χ3v) is 3.64. The minimum atomic E-state index is -0.691. The maximum absolute atomic E-state index is 10.4. The maximum atomic E-state index is 10.4. The number of carbonyl (C=O) groups is 1. The summed E-state index contributed by atoms with van der Waals surface area (Å²) < 4.78 is 5.91. The van der Waals surface area contributed by atoms with Crippen LogP contribution in [0.25, 0.3) is 0 Å². The minimum absolute atomic E-state index is 0.293. The van der Waals surface area contributed by atoms with Gasteiger partial charge in [-0.05, 0) is 37.8 Å². The highest BCUT2D eigenvalue weighted by Crippen LogP contribution is 2.19. The van der Waals surface area contributed by atoms with Gasteiger partial charge in [0.1, 0.15) is 11.5 Å². The summed E-state index contributed by atoms with van der Waals surface area (Å²) in [5.41, 5.74) is 1.27. The van der Waals surface area contributed by atoms with Gasteiger partial charge in [0.05, 0.1) is 0 Å². The fourth-order valence-electron chi connectivity index (χ4n) is 2.43. The van der Waals surface area contributed by atoms with Gasteiger partial charge in [-0.2, -0.15) is 0 Å². The summed E-state index contributed by atoms with van der Waals surface area (Å²) in [6.07, 6.45) is 9.98. The van der Waals surface area contributed by atoms with Gasteiger partial charge in [0.25, 0.3) is 0 Å². The molecule has 0 saturated carbocycles. The molecular formula is C17H28O3. The van der Waals surface area contributed by atoms with Crippen LogP contribution in [0.3, 0.4) is 0 Å². The van der Waals surface area contributed by atoms with Gasteiger partial charge in [0.15, 0.2) is 0 Å². The van der Waals surface area contributed by atoms with Crippen molar-refractivity contribution in [3.8, 4) is 0 Å². The van der Waals surface area contributed by atoms with Gasteiger partial charge in [0, 0.05) is 19.3 Å². The molecule has 0 atom stereocenters. The quantitative estimate of drug-likeness (QED) is 0.587. The molecule has 0 aliphatic carbocycles. The topological polar surface area (TPSA) is 50.4 Å². The van der Waals surface area contributed by atoms with Gasteiger partial charge >= 0.3 is 5.97 Å². The van der Waals surface area contributed by atoms with E-state index in [0.717, 1.165) is 50.0 Å². The van der Waals surface area contributed by atoms with Crippen LogP contribution in [0.15, 0.2) is 10.5 Å². The molecule has 0 spiro atoms. The maximum Gasteiger partial charge on any atom is 0.303 e. The Hall–Kier alpha value is -1.25. The average molecular weight is 280 g/mol. The van der Waals surface area contributed by atoms with Crippen LogP contribution >= 0.6 is 0 Å². The zero-order valence-corrected chi connectivity index (χ0v) is 12.9. The number of hydrogen-bond donors (Lipinski definition) is 1. The van der Waals surface area contributed by atoms with Crippen molar-refractivity contribution in [3.63, 3.8) is 0 Å². The van der Waals surface area contributed by atoms with Gasteiger partial charge in [0.2, 0.25) is 0 Å². The van der Waals surface area contributed by atoms with E-state index in [4.69, 9.17) is 9.52 Å². The van der Waals surface area contributed by atoms with E-state index in [0.29, 0.717) is 6.42 Å². The molecule has 20 heavy (non-hydrogen) atoms. The predicted molar refractivity (Wildman–Crippen MR) is 81.1 cm³/mol. The average Bonchev–Trinajstić information content (AvgIpc) is 2.74. The highest BCUT2D eigenvalue weighted by molar-refractivity contribution is 5.66. The lowest BCUT2D eigenvalue weighted by molar-refractivity contribution is -0.137. The Labute approximate surface area is 122 Å². The van der Waals surface area contributed by atoms with E-state index < -0.39 is 5.97 Å². The first-order valence-corrected chi connectivity index (χ1v) is 7.93. The van der Waals surface area contributed by atoms with Crippen LogP contribution in [0.2, 0.25) is 0 Å². The second-order valence-electron chi connectivity index (χ2n) is 5.58. The molecule has 1 N–H and O–H groups in total. The Morgan fingerprint density at radius 3 is 2.50 bits per heavy atom. The molecule has 0 amide bonds. The number of unbranched alkanes of at least 4 members (excludes halogenated alkanes) is 5. The summed E-state index contributed by atoms with van der Waals surface area (Å²) in [5.74, 6) is 1.55. The van der Waals surface area contributed by atoms with E-state index >= 15 is 0 Å². The summed E-state index contributed by atoms with van der Waals surface area (Å²) >= 11 is 0. The lowest BCUT2D eigenvalue weighted by atomic mass is 10.1. The van der Waals surface area contributed by atoms with E-state index in [2.05, 4.69) is 19.9 Å². The molecule has 1 rings (SSSR count). The van der Waals surface area contributed by atoms with Crippen LogP contribution in [-0.4, -0.2) is 11.1 Å². The smallest absolute Gasteiger partial charge is 0.303 e. The standard InChI is InChI=1S/C17H28O3/c1-3-4-7-10-15-13-14(2)16(20-15)11-8-5-6-9-12-17(18)19/h13H,3-12H2,1-2H3,(H,18,19). The molecule has 3 heteroatoms. The second kappa shape index (κ2) is 9.62. The molecule has 0 fully saturated rings. The number of aryl methyl sites for hydroxylation is 3. The molecule has 114 valence electrons. The van der Waals surface area contributed by atoms with E-state index in [9.17, 15) is 4.79 Å². The normalized spacial score (nSPS) is 10.9. The van der Waals surface area contributed by atoms with Crippen molar-refractivity contribution in [2.75, 3.05) is 0 Å². The Bertz CT molecular complexity index is 393. The highest BCUT2D eigenvalue weighted by Gasteiger charge is 2.07. The minimum Gasteiger partial charge on any atom is -0.481 e. The fourth-order valence-corrected chi connectivity index (χ4v) is 2.43. The molecule has 0 bridgehead atoms. The van der Waals surface area contributed by atoms with Crippen LogP contribution in [0, 0.1) is 6.92 Å². The van der Waals surface area contributed by atoms with Gasteiger partial charge in [-0.3, -0.25) is 4.79 Å². The summed E-state index contributed by atoms with van der Waals surface area (Å²) in [5, 5.41) is 8.56. The van der Waals surface area contributed by atoms with Crippen LogP contribution in [0.1, 0.15) is 75.4 Å². The molecule has 0 aromatic carbocycles. The number of aliphatic carboxylic acids is 1. The van der Waals surface area contributed by atoms with E-state index in [1.807, 2.05) is 0 Å². The third kappa shape index (κ3) is 6.78. The van der Waals surface area contributed by atoms with E-state index in [1.54, 1.807) is 0 Å². The summed E-state index contributed by atoms with van der Waals surface area (Å²) in [6, 6.07) is 2.18. The van der Waals surface area contributed by atoms with Crippen LogP contribution < -0.4 is 0 Å². The van der Waals surface area contributed by atoms with E-state index in [-0.39, 0.29) is 0 Å². The number of carboxylic acids is 1. The molecular weight excluding hydrogens is 252 g/mol. The summed E-state index contributed by atoms with van der Waals surface area (Å²) in [6.45, 7) is 4.33. The predicted octanol–water partition coefficient (Wildman–Crippen LogP) is 4.90. The van der Waals surface area contributed by atoms with Crippen molar-refractivity contribution in [1.29, 1.82) is 0 Å². The van der Waals surface area contributed by atoms with Crippen LogP contribution in [-0.2, 0) is 17.6 Å². The van der Waals surface area contributed by atoms with Gasteiger partial charge < -0.3 is 9.52 Å². The van der Waals surface area contributed by atoms with Crippen molar-refractivity contribution in [3.05, 3.63) is 23.2 Å². The molecule has 3 nitrogen and oxygen atoms in total. The molecule has 0 aliphatic rings. The van der Waals surface area contributed by atoms with Crippen molar-refractivity contribution >= 4 is 5.97 Å². The first-order valence-electron chi connectivity index (χ1n) is 7.93. The summed E-state index contributed by atoms with van der Waals surface area (Å²) in [7, 11) is 0. The monoisotopic (exact) mass is 280 g/mol. The molecule has 0 unspecified atom stereocenters. The van der Waals surface area contributed by atoms with Crippen molar-refractivity contribution < 1.29 is 14.3 Å². The van der Waals surface area contributed by atoms with Crippen molar-refractivity contribution in [1.82, 2.24) is 0 Å². The summed E-state index contributed by atoms with van der Waals surface area (Å²) in [4.78, 5) is 10.4. The first kappa shape index (κ1) is 16.8. The number of rotatable bonds is 11. The third-order valence-electron chi connectivity index (χ3n) is 3.64. The fraction of sp³-hybridized carbons (Fsp3) is 0.706. The largest absolute Gasteiger partial charge is 0.481 e. The van der Waals surface area contributed by atoms with Crippen LogP contribution in [0.4, 0.5) is 0 Å². The second-order valence-corrected chi connectivity index (χ2v) is 5.58. The van der Waals surface area contributed by atoms with E-state index in [1.165, 1.54) is 24.8 Å². The molecule has 0 radical (unpaired) electrons. The van der Waals surface area contributed by atoms with Crippen molar-refractivity contribution in [2.24, 2.45) is 0 Å². The Kier molecular flexibility index (Phi) is 8.08. The molecule has 1 heterocycles. The first-order chi connectivity index (χ1) is 9.63. The Balaban J connectivity index is 2.21. The lowest BCUT2D eigenvalue weighted by Gasteiger charge is -2.00. The Morgan fingerprint density at radius 2 is 1.80 bits per heavy atom. The molecule has 1 aromatic heterocycles. The lowest BCUT2D eigenvalue weighted by Crippen LogP contribution is -1.94. The van der Waals surface area contributed by atoms with Gasteiger partial charge in [-0.1, -0.05) is 32.6 Å². The molecule has 0 saturated heterocycles. The van der Waals surface area contributed by atoms with Gasteiger partial charge in [-0.15, -0.1) is 0 Å². The van der Waals surface area contributed by atoms with Gasteiger partial charge in [-0.25, -0.2) is 0 Å². The number of carboxylic acid groups (broad SMARTS) is 1. The molecule has 0 aliphatic heterocycles. The van der Waals surface area contributed by atoms with Crippen LogP contribution in [0.5, 0.6) is 0 Å². The highest BCUT2D eigenvalue weighted by atomic mass is 16.4.